The number of pyridine rings is 1. The molecule has 2 N–H and O–H groups in total. The van der Waals surface area contributed by atoms with Gasteiger partial charge in [-0.3, -0.25) is 9.59 Å². The fourth-order valence-electron chi connectivity index (χ4n) is 2.52. The third-order valence-corrected chi connectivity index (χ3v) is 4.03. The molecule has 7 nitrogen and oxygen atoms in total. The molecule has 1 aromatic carbocycles. The lowest BCUT2D eigenvalue weighted by Crippen LogP contribution is -2.30. The number of hydrogen-bond donors (Lipinski definition) is 2. The topological polar surface area (TPSA) is 89.5 Å². The molecule has 0 radical (unpaired) electrons. The monoisotopic (exact) mass is 385 g/mol. The Kier molecular flexibility index (Phi) is 7.80. The molecule has 0 bridgehead atoms. The molecule has 150 valence electrons. The van der Waals surface area contributed by atoms with E-state index < -0.39 is 0 Å². The summed E-state index contributed by atoms with van der Waals surface area (Å²) in [6.07, 6.45) is 0.626. The molecule has 0 atom stereocenters. The zero-order chi connectivity index (χ0) is 20.5. The molecule has 2 amide bonds. The van der Waals surface area contributed by atoms with Crippen LogP contribution in [0.1, 0.15) is 40.4 Å². The van der Waals surface area contributed by atoms with Crippen molar-refractivity contribution >= 4 is 11.8 Å². The molecule has 0 saturated heterocycles. The van der Waals surface area contributed by atoms with Gasteiger partial charge < -0.3 is 20.1 Å². The third kappa shape index (κ3) is 5.97. The van der Waals surface area contributed by atoms with Gasteiger partial charge in [0.25, 0.3) is 11.8 Å². The van der Waals surface area contributed by atoms with Gasteiger partial charge in [0.2, 0.25) is 0 Å². The summed E-state index contributed by atoms with van der Waals surface area (Å²) in [4.78, 5) is 28.6. The highest BCUT2D eigenvalue weighted by Gasteiger charge is 2.12. The van der Waals surface area contributed by atoms with E-state index >= 15 is 0 Å². The van der Waals surface area contributed by atoms with Gasteiger partial charge in [-0.2, -0.15) is 0 Å². The van der Waals surface area contributed by atoms with E-state index in [2.05, 4.69) is 15.6 Å². The van der Waals surface area contributed by atoms with Crippen LogP contribution < -0.4 is 20.1 Å². The first-order valence-corrected chi connectivity index (χ1v) is 9.19. The average molecular weight is 385 g/mol. The van der Waals surface area contributed by atoms with Gasteiger partial charge >= 0.3 is 0 Å². The largest absolute Gasteiger partial charge is 0.493 e. The Morgan fingerprint density at radius 1 is 0.964 bits per heavy atom. The van der Waals surface area contributed by atoms with Crippen molar-refractivity contribution in [3.05, 3.63) is 53.3 Å². The van der Waals surface area contributed by atoms with Crippen LogP contribution in [0.4, 0.5) is 0 Å². The summed E-state index contributed by atoms with van der Waals surface area (Å²) in [5, 5.41) is 5.62. The van der Waals surface area contributed by atoms with Crippen molar-refractivity contribution in [2.45, 2.75) is 20.3 Å². The zero-order valence-electron chi connectivity index (χ0n) is 16.7. The smallest absolute Gasteiger partial charge is 0.269 e. The van der Waals surface area contributed by atoms with Crippen LogP contribution in [0.3, 0.4) is 0 Å². The molecular weight excluding hydrogens is 358 g/mol. The van der Waals surface area contributed by atoms with Gasteiger partial charge in [-0.25, -0.2) is 4.98 Å². The lowest BCUT2D eigenvalue weighted by atomic mass is 10.1. The predicted molar refractivity (Wildman–Crippen MR) is 107 cm³/mol. The van der Waals surface area contributed by atoms with Gasteiger partial charge in [-0.1, -0.05) is 26.0 Å². The Balaban J connectivity index is 1.93. The second-order valence-corrected chi connectivity index (χ2v) is 6.71. The zero-order valence-corrected chi connectivity index (χ0v) is 16.7. The third-order valence-electron chi connectivity index (χ3n) is 4.03. The molecule has 0 fully saturated rings. The average Bonchev–Trinajstić information content (AvgIpc) is 2.71. The lowest BCUT2D eigenvalue weighted by molar-refractivity contribution is 0.0941. The fourth-order valence-corrected chi connectivity index (χ4v) is 2.52. The van der Waals surface area contributed by atoms with Crippen LogP contribution in [0, 0.1) is 5.92 Å². The summed E-state index contributed by atoms with van der Waals surface area (Å²) in [5.41, 5.74) is 1.45. The number of nitrogens with zero attached hydrogens (tertiary/aromatic N) is 1. The number of nitrogens with one attached hydrogen (secondary N) is 2. The van der Waals surface area contributed by atoms with Crippen molar-refractivity contribution in [2.24, 2.45) is 5.92 Å². The van der Waals surface area contributed by atoms with E-state index in [1.165, 1.54) is 0 Å². The number of carbonyl (C=O) groups excluding carboxylic acids is 2. The first-order chi connectivity index (χ1) is 13.4. The Morgan fingerprint density at radius 3 is 2.21 bits per heavy atom. The normalized spacial score (nSPS) is 10.5. The second kappa shape index (κ2) is 10.3. The predicted octanol–water partition coefficient (Wildman–Crippen LogP) is 2.46. The van der Waals surface area contributed by atoms with Crippen LogP contribution in [0.5, 0.6) is 11.5 Å². The summed E-state index contributed by atoms with van der Waals surface area (Å²) in [5.74, 6) is 1.04. The van der Waals surface area contributed by atoms with Crippen LogP contribution in [0.15, 0.2) is 36.4 Å². The minimum atomic E-state index is -0.320. The molecule has 0 aliphatic carbocycles. The molecule has 1 aromatic heterocycles. The summed E-state index contributed by atoms with van der Waals surface area (Å²) >= 11 is 0. The summed E-state index contributed by atoms with van der Waals surface area (Å²) in [6.45, 7) is 5.01. The van der Waals surface area contributed by atoms with Crippen LogP contribution >= 0.6 is 0 Å². The van der Waals surface area contributed by atoms with Crippen molar-refractivity contribution in [2.75, 3.05) is 27.3 Å². The standard InChI is InChI=1S/C21H27N3O4/c1-14(2)13-23-21(26)17-7-5-6-16(24-17)20(25)22-11-10-15-8-9-18(27-3)19(12-15)28-4/h5-9,12,14H,10-11,13H2,1-4H3,(H,22,25)(H,23,26). The number of hydrogen-bond acceptors (Lipinski definition) is 5. The molecule has 0 saturated carbocycles. The molecular formula is C21H27N3O4. The number of ether oxygens (including phenoxy) is 2. The second-order valence-electron chi connectivity index (χ2n) is 6.71. The minimum Gasteiger partial charge on any atom is -0.493 e. The maximum atomic E-state index is 12.3. The van der Waals surface area contributed by atoms with E-state index in [0.717, 1.165) is 5.56 Å². The van der Waals surface area contributed by atoms with E-state index in [4.69, 9.17) is 9.47 Å². The van der Waals surface area contributed by atoms with Crippen LogP contribution in [0.25, 0.3) is 0 Å². The minimum absolute atomic E-state index is 0.213. The van der Waals surface area contributed by atoms with Gasteiger partial charge in [0.05, 0.1) is 14.2 Å². The van der Waals surface area contributed by atoms with Gasteiger partial charge in [-0.05, 0) is 42.2 Å². The molecule has 1 heterocycles. The van der Waals surface area contributed by atoms with E-state index in [1.54, 1.807) is 32.4 Å². The summed E-state index contributed by atoms with van der Waals surface area (Å²) in [6, 6.07) is 10.5. The van der Waals surface area contributed by atoms with Crippen LogP contribution in [-0.2, 0) is 6.42 Å². The molecule has 0 unspecified atom stereocenters. The molecule has 0 spiro atoms. The Labute approximate surface area is 165 Å². The number of methoxy groups -OCH3 is 2. The Bertz CT molecular complexity index is 821. The first kappa shape index (κ1) is 21.2. The highest BCUT2D eigenvalue weighted by Crippen LogP contribution is 2.27. The number of amides is 2. The summed E-state index contributed by atoms with van der Waals surface area (Å²) in [7, 11) is 3.17. The molecule has 28 heavy (non-hydrogen) atoms. The first-order valence-electron chi connectivity index (χ1n) is 9.19. The Hall–Kier alpha value is -3.09. The maximum Gasteiger partial charge on any atom is 0.269 e. The Morgan fingerprint density at radius 2 is 1.61 bits per heavy atom. The van der Waals surface area contributed by atoms with E-state index in [-0.39, 0.29) is 23.2 Å². The maximum absolute atomic E-state index is 12.3. The van der Waals surface area contributed by atoms with Crippen LogP contribution in [0.2, 0.25) is 0 Å². The van der Waals surface area contributed by atoms with E-state index in [9.17, 15) is 9.59 Å². The quantitative estimate of drug-likeness (QED) is 0.692. The highest BCUT2D eigenvalue weighted by atomic mass is 16.5. The number of rotatable bonds is 9. The van der Waals surface area contributed by atoms with Crippen molar-refractivity contribution in [3.63, 3.8) is 0 Å². The van der Waals surface area contributed by atoms with E-state index in [0.29, 0.717) is 36.9 Å². The summed E-state index contributed by atoms with van der Waals surface area (Å²) < 4.78 is 10.5. The number of carbonyl (C=O) groups is 2. The van der Waals surface area contributed by atoms with Gasteiger partial charge in [0, 0.05) is 13.1 Å². The fraction of sp³-hybridized carbons (Fsp3) is 0.381. The molecule has 7 heteroatoms. The van der Waals surface area contributed by atoms with E-state index in [1.807, 2.05) is 32.0 Å². The van der Waals surface area contributed by atoms with Crippen molar-refractivity contribution in [1.82, 2.24) is 15.6 Å². The molecule has 2 rings (SSSR count). The number of aromatic nitrogens is 1. The van der Waals surface area contributed by atoms with Gasteiger partial charge in [0.15, 0.2) is 11.5 Å². The number of benzene rings is 1. The SMILES string of the molecule is COc1ccc(CCNC(=O)c2cccc(C(=O)NCC(C)C)n2)cc1OC. The van der Waals surface area contributed by atoms with Crippen LogP contribution in [-0.4, -0.2) is 44.1 Å². The lowest BCUT2D eigenvalue weighted by Gasteiger charge is -2.10. The molecule has 2 aromatic rings. The van der Waals surface area contributed by atoms with Crippen molar-refractivity contribution < 1.29 is 19.1 Å². The highest BCUT2D eigenvalue weighted by molar-refractivity contribution is 5.96. The molecule has 0 aliphatic rings. The molecule has 0 aliphatic heterocycles. The van der Waals surface area contributed by atoms with Crippen molar-refractivity contribution in [3.8, 4) is 11.5 Å². The van der Waals surface area contributed by atoms with Crippen molar-refractivity contribution in [1.29, 1.82) is 0 Å². The van der Waals surface area contributed by atoms with Gasteiger partial charge in [0.1, 0.15) is 11.4 Å². The van der Waals surface area contributed by atoms with Gasteiger partial charge in [-0.15, -0.1) is 0 Å².